The quantitative estimate of drug-likeness (QED) is 0.620. The van der Waals surface area contributed by atoms with Crippen molar-refractivity contribution in [2.75, 3.05) is 22.9 Å². The molecule has 31 heavy (non-hydrogen) atoms. The Morgan fingerprint density at radius 2 is 1.77 bits per heavy atom. The van der Waals surface area contributed by atoms with E-state index in [2.05, 4.69) is 20.8 Å². The highest BCUT2D eigenvalue weighted by molar-refractivity contribution is 9.10. The lowest BCUT2D eigenvalue weighted by atomic mass is 9.75. The van der Waals surface area contributed by atoms with Crippen molar-refractivity contribution in [2.24, 2.45) is 11.8 Å². The normalized spacial score (nSPS) is 31.7. The Hall–Kier alpha value is -2.51. The number of carbonyl (C=O) groups excluding carboxylic acids is 3. The Kier molecular flexibility index (Phi) is 4.02. The Bertz CT molecular complexity index is 1130. The molecule has 4 aliphatic rings. The molecule has 0 saturated carbocycles. The summed E-state index contributed by atoms with van der Waals surface area (Å²) in [4.78, 5) is 46.9. The van der Waals surface area contributed by atoms with Gasteiger partial charge in [0, 0.05) is 28.3 Å². The van der Waals surface area contributed by atoms with Gasteiger partial charge in [0.2, 0.25) is 11.8 Å². The van der Waals surface area contributed by atoms with Gasteiger partial charge in [-0.25, -0.2) is 4.90 Å². The lowest BCUT2D eigenvalue weighted by Gasteiger charge is -2.37. The first-order chi connectivity index (χ1) is 15.0. The van der Waals surface area contributed by atoms with Gasteiger partial charge in [0.15, 0.2) is 0 Å². The van der Waals surface area contributed by atoms with Crippen molar-refractivity contribution in [2.45, 2.75) is 31.3 Å². The fraction of sp³-hybridized carbons (Fsp3) is 0.375. The molecule has 0 radical (unpaired) electrons. The van der Waals surface area contributed by atoms with E-state index in [0.29, 0.717) is 12.2 Å². The Morgan fingerprint density at radius 3 is 2.52 bits per heavy atom. The predicted octanol–water partition coefficient (Wildman–Crippen LogP) is 3.29. The van der Waals surface area contributed by atoms with E-state index >= 15 is 0 Å². The second-order valence-electron chi connectivity index (χ2n) is 8.73. The molecule has 2 aromatic carbocycles. The van der Waals surface area contributed by atoms with Crippen molar-refractivity contribution in [1.29, 1.82) is 0 Å². The van der Waals surface area contributed by atoms with Gasteiger partial charge in [-0.1, -0.05) is 34.1 Å². The second-order valence-corrected chi connectivity index (χ2v) is 9.64. The Labute approximate surface area is 188 Å². The molecule has 3 fully saturated rings. The van der Waals surface area contributed by atoms with Gasteiger partial charge in [-0.2, -0.15) is 0 Å². The summed E-state index contributed by atoms with van der Waals surface area (Å²) in [5, 5.41) is 0. The first-order valence-electron chi connectivity index (χ1n) is 10.8. The highest BCUT2D eigenvalue weighted by Crippen LogP contribution is 2.61. The SMILES string of the molecule is CCN1C(=O)[C@]2(c3ccccc31)[C@@H]1C(=O)N(c3ccc(Br)cc3)C(=O)[C@@H]1[C@H]1CCCN12. The third-order valence-corrected chi connectivity index (χ3v) is 8.07. The number of hydrogen-bond donors (Lipinski definition) is 0. The summed E-state index contributed by atoms with van der Waals surface area (Å²) in [7, 11) is 0. The third-order valence-electron chi connectivity index (χ3n) is 7.55. The van der Waals surface area contributed by atoms with E-state index < -0.39 is 17.4 Å². The minimum Gasteiger partial charge on any atom is -0.310 e. The molecule has 4 heterocycles. The first-order valence-corrected chi connectivity index (χ1v) is 11.6. The summed E-state index contributed by atoms with van der Waals surface area (Å²) in [5.74, 6) is -1.68. The van der Waals surface area contributed by atoms with E-state index in [9.17, 15) is 14.4 Å². The molecule has 0 aromatic heterocycles. The molecule has 3 amide bonds. The lowest BCUT2D eigenvalue weighted by molar-refractivity contribution is -0.137. The first kappa shape index (κ1) is 19.2. The summed E-state index contributed by atoms with van der Waals surface area (Å²) in [6, 6.07) is 14.9. The number of amides is 3. The molecule has 158 valence electrons. The number of fused-ring (bicyclic) bond motifs is 7. The molecule has 4 atom stereocenters. The molecule has 2 aromatic rings. The molecule has 6 rings (SSSR count). The number of hydrogen-bond acceptors (Lipinski definition) is 4. The van der Waals surface area contributed by atoms with Gasteiger partial charge in [0.25, 0.3) is 5.91 Å². The highest BCUT2D eigenvalue weighted by Gasteiger charge is 2.75. The van der Waals surface area contributed by atoms with Crippen LogP contribution in [0, 0.1) is 11.8 Å². The van der Waals surface area contributed by atoms with E-state index in [1.54, 1.807) is 17.0 Å². The number of likely N-dealkylation sites (N-methyl/N-ethyl adjacent to an activating group) is 1. The molecular weight excluding hydrogens is 458 g/mol. The average molecular weight is 480 g/mol. The topological polar surface area (TPSA) is 60.9 Å². The maximum Gasteiger partial charge on any atom is 0.253 e. The minimum absolute atomic E-state index is 0.0607. The van der Waals surface area contributed by atoms with E-state index in [1.165, 1.54) is 4.90 Å². The molecule has 1 spiro atoms. The maximum atomic E-state index is 14.0. The van der Waals surface area contributed by atoms with E-state index in [-0.39, 0.29) is 23.8 Å². The van der Waals surface area contributed by atoms with Crippen LogP contribution in [-0.4, -0.2) is 41.8 Å². The van der Waals surface area contributed by atoms with Crippen molar-refractivity contribution >= 4 is 45.0 Å². The van der Waals surface area contributed by atoms with Gasteiger partial charge in [-0.15, -0.1) is 0 Å². The van der Waals surface area contributed by atoms with Crippen molar-refractivity contribution in [3.63, 3.8) is 0 Å². The minimum atomic E-state index is -1.09. The number of para-hydroxylation sites is 1. The number of anilines is 2. The van der Waals surface area contributed by atoms with Crippen LogP contribution in [0.4, 0.5) is 11.4 Å². The maximum absolute atomic E-state index is 14.0. The number of benzene rings is 2. The van der Waals surface area contributed by atoms with Crippen LogP contribution >= 0.6 is 15.9 Å². The standard InChI is InChI=1S/C24H22BrN3O3/c1-2-26-17-7-4-3-6-16(17)24(23(26)31)20-19(18-8-5-13-27(18)24)21(29)28(22(20)30)15-11-9-14(25)10-12-15/h3-4,6-7,9-12,18-20H,2,5,8,13H2,1H3/t18-,19-,20+,24+/m1/s1. The van der Waals surface area contributed by atoms with E-state index in [0.717, 1.165) is 35.1 Å². The van der Waals surface area contributed by atoms with Gasteiger partial charge in [0.05, 0.1) is 17.5 Å². The van der Waals surface area contributed by atoms with Crippen LogP contribution in [0.25, 0.3) is 0 Å². The van der Waals surface area contributed by atoms with Crippen LogP contribution in [0.3, 0.4) is 0 Å². The molecule has 0 unspecified atom stereocenters. The number of carbonyl (C=O) groups is 3. The van der Waals surface area contributed by atoms with Crippen molar-refractivity contribution in [1.82, 2.24) is 4.90 Å². The Balaban J connectivity index is 1.57. The van der Waals surface area contributed by atoms with Crippen molar-refractivity contribution < 1.29 is 14.4 Å². The Morgan fingerprint density at radius 1 is 1.03 bits per heavy atom. The zero-order chi connectivity index (χ0) is 21.5. The number of imide groups is 1. The number of rotatable bonds is 2. The second kappa shape index (κ2) is 6.50. The molecule has 0 N–H and O–H groups in total. The van der Waals surface area contributed by atoms with E-state index in [4.69, 9.17) is 0 Å². The fourth-order valence-corrected chi connectivity index (χ4v) is 6.76. The van der Waals surface area contributed by atoms with Gasteiger partial charge in [-0.05, 0) is 56.6 Å². The van der Waals surface area contributed by atoms with E-state index in [1.807, 2.05) is 43.3 Å². The summed E-state index contributed by atoms with van der Waals surface area (Å²) in [6.45, 7) is 3.22. The lowest BCUT2D eigenvalue weighted by Crippen LogP contribution is -2.56. The average Bonchev–Trinajstić information content (AvgIpc) is 3.47. The van der Waals surface area contributed by atoms with Crippen LogP contribution in [0.5, 0.6) is 0 Å². The van der Waals surface area contributed by atoms with Crippen molar-refractivity contribution in [3.8, 4) is 0 Å². The van der Waals surface area contributed by atoms with Crippen LogP contribution in [0.15, 0.2) is 53.0 Å². The zero-order valence-electron chi connectivity index (χ0n) is 17.1. The fourth-order valence-electron chi connectivity index (χ4n) is 6.50. The largest absolute Gasteiger partial charge is 0.310 e. The smallest absolute Gasteiger partial charge is 0.253 e. The number of halogens is 1. The summed E-state index contributed by atoms with van der Waals surface area (Å²) in [6.07, 6.45) is 1.76. The summed E-state index contributed by atoms with van der Waals surface area (Å²) in [5.41, 5.74) is 1.22. The highest BCUT2D eigenvalue weighted by atomic mass is 79.9. The summed E-state index contributed by atoms with van der Waals surface area (Å²) < 4.78 is 0.882. The molecular formula is C24H22BrN3O3. The molecule has 6 nitrogen and oxygen atoms in total. The molecule has 0 bridgehead atoms. The van der Waals surface area contributed by atoms with Crippen LogP contribution in [0.2, 0.25) is 0 Å². The van der Waals surface area contributed by atoms with Crippen molar-refractivity contribution in [3.05, 3.63) is 58.6 Å². The van der Waals surface area contributed by atoms with Gasteiger partial charge in [-0.3, -0.25) is 19.3 Å². The molecule has 0 aliphatic carbocycles. The molecule has 7 heteroatoms. The van der Waals surface area contributed by atoms with Crippen LogP contribution in [-0.2, 0) is 19.9 Å². The summed E-state index contributed by atoms with van der Waals surface area (Å²) >= 11 is 3.41. The predicted molar refractivity (Wildman–Crippen MR) is 119 cm³/mol. The zero-order valence-corrected chi connectivity index (χ0v) is 18.7. The third kappa shape index (κ3) is 2.18. The molecule has 4 aliphatic heterocycles. The monoisotopic (exact) mass is 479 g/mol. The number of nitrogens with zero attached hydrogens (tertiary/aromatic N) is 3. The van der Waals surface area contributed by atoms with Crippen LogP contribution < -0.4 is 9.80 Å². The molecule has 3 saturated heterocycles. The van der Waals surface area contributed by atoms with Gasteiger partial charge < -0.3 is 4.90 Å². The van der Waals surface area contributed by atoms with Gasteiger partial charge in [0.1, 0.15) is 5.54 Å². The van der Waals surface area contributed by atoms with Crippen LogP contribution in [0.1, 0.15) is 25.3 Å². The van der Waals surface area contributed by atoms with Gasteiger partial charge >= 0.3 is 0 Å².